The van der Waals surface area contributed by atoms with Crippen LogP contribution in [0.1, 0.15) is 336 Å². The van der Waals surface area contributed by atoms with E-state index in [1.165, 1.54) is 38.5 Å². The molecule has 0 saturated heterocycles. The van der Waals surface area contributed by atoms with Crippen LogP contribution in [-0.2, 0) is 65.4 Å². The fourth-order valence-electron chi connectivity index (χ4n) is 11.0. The lowest BCUT2D eigenvalue weighted by Crippen LogP contribution is -2.30. The molecule has 108 heavy (non-hydrogen) atoms. The van der Waals surface area contributed by atoms with Crippen molar-refractivity contribution in [2.45, 2.75) is 354 Å². The van der Waals surface area contributed by atoms with Gasteiger partial charge in [-0.1, -0.05) is 296 Å². The molecule has 0 radical (unpaired) electrons. The summed E-state index contributed by atoms with van der Waals surface area (Å²) >= 11 is 0. The summed E-state index contributed by atoms with van der Waals surface area (Å²) < 4.78 is 68.8. The van der Waals surface area contributed by atoms with E-state index >= 15 is 0 Å². The first-order valence-electron chi connectivity index (χ1n) is 42.1. The van der Waals surface area contributed by atoms with Crippen LogP contribution in [-0.4, -0.2) is 96.7 Å². The molecule has 3 N–H and O–H groups in total. The Bertz CT molecular complexity index is 2610. The van der Waals surface area contributed by atoms with E-state index in [1.54, 1.807) is 0 Å². The van der Waals surface area contributed by atoms with Crippen molar-refractivity contribution in [2.75, 3.05) is 39.6 Å². The van der Waals surface area contributed by atoms with E-state index < -0.39 is 97.5 Å². The Labute approximate surface area is 656 Å². The number of aliphatic hydroxyl groups is 1. The van der Waals surface area contributed by atoms with Gasteiger partial charge in [-0.25, -0.2) is 9.13 Å². The molecule has 0 bridgehead atoms. The Balaban J connectivity index is 5.42. The zero-order valence-electron chi connectivity index (χ0n) is 67.7. The van der Waals surface area contributed by atoms with Crippen molar-refractivity contribution < 1.29 is 80.2 Å². The highest BCUT2D eigenvalue weighted by Crippen LogP contribution is 2.45. The number of hydrogen-bond acceptors (Lipinski definition) is 15. The lowest BCUT2D eigenvalue weighted by molar-refractivity contribution is -0.161. The minimum atomic E-state index is -5.00. The van der Waals surface area contributed by atoms with Crippen LogP contribution in [0.5, 0.6) is 0 Å². The zero-order valence-corrected chi connectivity index (χ0v) is 69.5. The normalized spacial score (nSPS) is 14.5. The van der Waals surface area contributed by atoms with Gasteiger partial charge in [-0.3, -0.25) is 37.3 Å². The minimum absolute atomic E-state index is 0.0594. The Morgan fingerprint density at radius 3 is 0.750 bits per heavy atom. The fraction of sp³-hybridized carbons (Fsp3) is 0.685. The largest absolute Gasteiger partial charge is 0.472 e. The van der Waals surface area contributed by atoms with E-state index in [4.69, 9.17) is 37.0 Å². The lowest BCUT2D eigenvalue weighted by atomic mass is 10.1. The van der Waals surface area contributed by atoms with E-state index in [2.05, 4.69) is 174 Å². The molecule has 0 aromatic heterocycles. The number of phosphoric acid groups is 2. The van der Waals surface area contributed by atoms with Gasteiger partial charge in [0.05, 0.1) is 26.4 Å². The maximum Gasteiger partial charge on any atom is 0.472 e. The molecular weight excluding hydrogens is 1400 g/mol. The van der Waals surface area contributed by atoms with Crippen LogP contribution in [0.4, 0.5) is 0 Å². The highest BCUT2D eigenvalue weighted by molar-refractivity contribution is 7.47. The molecular formula is C89H150O17P2. The van der Waals surface area contributed by atoms with Crippen LogP contribution in [0, 0.1) is 0 Å². The SMILES string of the molecule is CC/C=C\C/C=C\C/C=C\C/C=C\CCCCCCCCC(=O)OCC(COP(=O)(O)OCC(O)COP(=O)(O)OCC(COC(=O)CCCCCCCCC/C=C\C/C=C\C/C=C\CC)OC(=O)CCCCCCC/C=C\CCCCCCCC)OC(=O)CCCCCC/C=C\C/C=C\C/C=C\C/C=C\CC. The average molecular weight is 1550 g/mol. The number of unbranched alkanes of at least 4 members (excludes halogenated alkanes) is 28. The number of esters is 4. The van der Waals surface area contributed by atoms with Crippen LogP contribution in [0.15, 0.2) is 146 Å². The van der Waals surface area contributed by atoms with Gasteiger partial charge in [0.15, 0.2) is 12.2 Å². The Hall–Kier alpha value is -5.06. The monoisotopic (exact) mass is 1550 g/mol. The van der Waals surface area contributed by atoms with Gasteiger partial charge in [0.1, 0.15) is 19.3 Å². The van der Waals surface area contributed by atoms with Gasteiger partial charge in [0, 0.05) is 25.7 Å². The maximum absolute atomic E-state index is 13.1. The summed E-state index contributed by atoms with van der Waals surface area (Å²) in [7, 11) is -9.99. The Morgan fingerprint density at radius 1 is 0.269 bits per heavy atom. The molecule has 0 rings (SSSR count). The third kappa shape index (κ3) is 79.0. The minimum Gasteiger partial charge on any atom is -0.462 e. The standard InChI is InChI=1S/C89H150O17P2/c1-5-9-13-17-21-25-29-33-37-40-41-44-47-50-54-58-62-66-70-74-87(92)100-80-85(106-89(94)76-72-68-64-60-56-52-48-43-39-35-31-27-23-19-15-11-7-3)82-104-108(97,98)102-78-83(90)77-101-107(95,96)103-81-84(105-88(93)75-71-67-63-59-55-51-45-36-32-28-24-20-16-12-8-4)79-99-86(91)73-69-65-61-57-53-49-46-42-38-34-30-26-22-18-14-10-6-2/h9-11,13-15,21-23,25-27,33-39,41,44-45,48,52,83-85,90H,5-8,12,16-20,24,28-32,40,42-43,46-47,49-51,53-82H2,1-4H3,(H,95,96)(H,97,98)/b13-9-,14-10-,15-11-,25-21-,26-22-,27-23-,37-33-,38-34-,39-35-,44-41-,45-36-,52-48-. The lowest BCUT2D eigenvalue weighted by Gasteiger charge is -2.21. The number of phosphoric ester groups is 2. The molecule has 0 fully saturated rings. The van der Waals surface area contributed by atoms with Gasteiger partial charge in [0.25, 0.3) is 0 Å². The number of hydrogen-bond donors (Lipinski definition) is 3. The molecule has 0 spiro atoms. The van der Waals surface area contributed by atoms with E-state index in [0.717, 1.165) is 218 Å². The number of rotatable bonds is 78. The zero-order chi connectivity index (χ0) is 78.9. The van der Waals surface area contributed by atoms with Crippen LogP contribution in [0.25, 0.3) is 0 Å². The summed E-state index contributed by atoms with van der Waals surface area (Å²) in [6, 6.07) is 0. The van der Waals surface area contributed by atoms with Crippen molar-refractivity contribution in [3.63, 3.8) is 0 Å². The molecule has 0 saturated carbocycles. The van der Waals surface area contributed by atoms with E-state index in [1.807, 2.05) is 0 Å². The van der Waals surface area contributed by atoms with Gasteiger partial charge < -0.3 is 33.8 Å². The van der Waals surface area contributed by atoms with Gasteiger partial charge in [-0.2, -0.15) is 0 Å². The number of aliphatic hydroxyl groups excluding tert-OH is 1. The average Bonchev–Trinajstić information content (AvgIpc) is 0.906. The van der Waals surface area contributed by atoms with Crippen molar-refractivity contribution in [1.82, 2.24) is 0 Å². The summed E-state index contributed by atoms with van der Waals surface area (Å²) in [5.74, 6) is -2.23. The van der Waals surface area contributed by atoms with Crippen molar-refractivity contribution in [3.8, 4) is 0 Å². The molecule has 5 atom stereocenters. The molecule has 0 aromatic rings. The van der Waals surface area contributed by atoms with Crippen LogP contribution in [0.2, 0.25) is 0 Å². The number of allylic oxidation sites excluding steroid dienone is 24. The number of carbonyl (C=O) groups excluding carboxylic acids is 4. The molecule has 19 heteroatoms. The first-order valence-corrected chi connectivity index (χ1v) is 45.1. The molecule has 5 unspecified atom stereocenters. The number of ether oxygens (including phenoxy) is 4. The van der Waals surface area contributed by atoms with Gasteiger partial charge in [0.2, 0.25) is 0 Å². The Morgan fingerprint density at radius 2 is 0.481 bits per heavy atom. The van der Waals surface area contributed by atoms with Crippen LogP contribution < -0.4 is 0 Å². The second-order valence-electron chi connectivity index (χ2n) is 27.6. The predicted octanol–water partition coefficient (Wildman–Crippen LogP) is 25.0. The molecule has 0 aromatic carbocycles. The third-order valence-electron chi connectivity index (χ3n) is 17.3. The molecule has 0 amide bonds. The maximum atomic E-state index is 13.1. The highest BCUT2D eigenvalue weighted by Gasteiger charge is 2.30. The van der Waals surface area contributed by atoms with Gasteiger partial charge in [-0.05, 0) is 161 Å². The topological polar surface area (TPSA) is 237 Å². The predicted molar refractivity (Wildman–Crippen MR) is 445 cm³/mol. The third-order valence-corrected chi connectivity index (χ3v) is 19.2. The Kier molecular flexibility index (Phi) is 76.3. The molecule has 0 aliphatic heterocycles. The molecule has 0 aliphatic rings. The molecule has 0 aliphatic carbocycles. The smallest absolute Gasteiger partial charge is 0.462 e. The molecule has 0 heterocycles. The van der Waals surface area contributed by atoms with Crippen molar-refractivity contribution >= 4 is 39.5 Å². The first-order chi connectivity index (χ1) is 52.7. The van der Waals surface area contributed by atoms with Crippen molar-refractivity contribution in [1.29, 1.82) is 0 Å². The van der Waals surface area contributed by atoms with E-state index in [9.17, 15) is 43.2 Å². The highest BCUT2D eigenvalue weighted by atomic mass is 31.2. The van der Waals surface area contributed by atoms with Crippen molar-refractivity contribution in [2.24, 2.45) is 0 Å². The summed E-state index contributed by atoms with van der Waals surface area (Å²) in [6.07, 6.45) is 92.3. The summed E-state index contributed by atoms with van der Waals surface area (Å²) in [5.41, 5.74) is 0. The summed E-state index contributed by atoms with van der Waals surface area (Å²) in [5, 5.41) is 10.7. The fourth-order valence-corrected chi connectivity index (χ4v) is 12.6. The molecule has 17 nitrogen and oxygen atoms in total. The van der Waals surface area contributed by atoms with E-state index in [-0.39, 0.29) is 25.7 Å². The van der Waals surface area contributed by atoms with Crippen LogP contribution >= 0.6 is 15.6 Å². The first kappa shape index (κ1) is 103. The summed E-state index contributed by atoms with van der Waals surface area (Å²) in [6.45, 7) is 4.50. The van der Waals surface area contributed by atoms with Crippen molar-refractivity contribution in [3.05, 3.63) is 146 Å². The van der Waals surface area contributed by atoms with Gasteiger partial charge in [-0.15, -0.1) is 0 Å². The molecule has 618 valence electrons. The van der Waals surface area contributed by atoms with Crippen LogP contribution in [0.3, 0.4) is 0 Å². The second kappa shape index (κ2) is 80.0. The summed E-state index contributed by atoms with van der Waals surface area (Å²) in [4.78, 5) is 73.2. The van der Waals surface area contributed by atoms with E-state index in [0.29, 0.717) is 25.7 Å². The number of carbonyl (C=O) groups is 4. The second-order valence-corrected chi connectivity index (χ2v) is 30.5. The quantitative estimate of drug-likeness (QED) is 0.0169. The van der Waals surface area contributed by atoms with Gasteiger partial charge >= 0.3 is 39.5 Å².